The van der Waals surface area contributed by atoms with E-state index in [9.17, 15) is 16.8 Å². The Hall–Kier alpha value is -1.03. The third-order valence-electron chi connectivity index (χ3n) is 3.09. The van der Waals surface area contributed by atoms with Crippen molar-refractivity contribution in [2.75, 3.05) is 28.4 Å². The Bertz CT molecular complexity index is 734. The van der Waals surface area contributed by atoms with Crippen LogP contribution in [0.1, 0.15) is 12.8 Å². The van der Waals surface area contributed by atoms with E-state index in [0.29, 0.717) is 18.7 Å². The van der Waals surface area contributed by atoms with Crippen molar-refractivity contribution in [3.05, 3.63) is 23.2 Å². The molecule has 0 bridgehead atoms. The van der Waals surface area contributed by atoms with Crippen molar-refractivity contribution >= 4 is 43.2 Å². The number of nitrogens with zero attached hydrogens (tertiary/aromatic N) is 1. The van der Waals surface area contributed by atoms with E-state index in [2.05, 4.69) is 9.44 Å². The van der Waals surface area contributed by atoms with Gasteiger partial charge in [-0.2, -0.15) is 8.42 Å². The fourth-order valence-electron chi connectivity index (χ4n) is 2.04. The average Bonchev–Trinajstić information content (AvgIpc) is 2.39. The number of halogens is 1. The summed E-state index contributed by atoms with van der Waals surface area (Å²) >= 11 is 6.10. The summed E-state index contributed by atoms with van der Waals surface area (Å²) in [6.07, 6.45) is 1.40. The van der Waals surface area contributed by atoms with Gasteiger partial charge < -0.3 is 0 Å². The Kier molecular flexibility index (Phi) is 4.66. The molecule has 0 unspecified atom stereocenters. The van der Waals surface area contributed by atoms with Crippen LogP contribution in [0.2, 0.25) is 5.02 Å². The van der Waals surface area contributed by atoms with Gasteiger partial charge in [-0.1, -0.05) is 11.6 Å². The minimum Gasteiger partial charge on any atom is -0.271 e. The minimum atomic E-state index is -3.64. The Balaban J connectivity index is 2.32. The Labute approximate surface area is 129 Å². The molecule has 1 aromatic rings. The monoisotopic (exact) mass is 353 g/mol. The number of hydrogen-bond donors (Lipinski definition) is 2. The molecule has 0 atom stereocenters. The fourth-order valence-corrected chi connectivity index (χ4v) is 4.57. The van der Waals surface area contributed by atoms with E-state index in [-0.39, 0.29) is 16.5 Å². The van der Waals surface area contributed by atoms with E-state index < -0.39 is 20.2 Å². The minimum absolute atomic E-state index is 0.0947. The van der Waals surface area contributed by atoms with E-state index in [1.165, 1.54) is 29.6 Å². The number of benzene rings is 1. The molecule has 1 aliphatic rings. The molecule has 2 N–H and O–H groups in total. The first-order valence-electron chi connectivity index (χ1n) is 6.26. The molecule has 7 nitrogen and oxygen atoms in total. The molecule has 1 fully saturated rings. The zero-order valence-corrected chi connectivity index (χ0v) is 13.7. The number of nitrogens with one attached hydrogen (secondary N) is 2. The highest BCUT2D eigenvalue weighted by Gasteiger charge is 2.27. The molecule has 0 aromatic heterocycles. The molecule has 118 valence electrons. The van der Waals surface area contributed by atoms with Gasteiger partial charge in [0.1, 0.15) is 0 Å². The van der Waals surface area contributed by atoms with Gasteiger partial charge >= 0.3 is 0 Å². The predicted molar refractivity (Wildman–Crippen MR) is 83.4 cm³/mol. The van der Waals surface area contributed by atoms with Crippen LogP contribution in [0.4, 0.5) is 11.4 Å². The van der Waals surface area contributed by atoms with Gasteiger partial charge in [0, 0.05) is 13.6 Å². The van der Waals surface area contributed by atoms with Gasteiger partial charge in [-0.3, -0.25) is 9.03 Å². The quantitative estimate of drug-likeness (QED) is 0.848. The lowest BCUT2D eigenvalue weighted by Crippen LogP contribution is -2.38. The van der Waals surface area contributed by atoms with Crippen molar-refractivity contribution in [1.29, 1.82) is 0 Å². The lowest BCUT2D eigenvalue weighted by atomic mass is 10.2. The molecule has 0 amide bonds. The standard InChI is InChI=1S/C11H16ClN3O4S2/c1-13-21(18,19)14-9-4-5-11(10(12)8-9)15-6-2-3-7-20(15,16)17/h4-5,8,13-14H,2-3,6-7H2,1H3. The molecular formula is C11H16ClN3O4S2. The normalized spacial score (nSPS) is 18.5. The molecule has 1 aromatic carbocycles. The van der Waals surface area contributed by atoms with Gasteiger partial charge in [-0.15, -0.1) is 0 Å². The van der Waals surface area contributed by atoms with Crippen LogP contribution in [0.25, 0.3) is 0 Å². The second kappa shape index (κ2) is 5.99. The summed E-state index contributed by atoms with van der Waals surface area (Å²) in [5.41, 5.74) is 0.622. The Morgan fingerprint density at radius 3 is 2.57 bits per heavy atom. The van der Waals surface area contributed by atoms with Crippen LogP contribution in [-0.4, -0.2) is 36.2 Å². The van der Waals surface area contributed by atoms with Crippen LogP contribution >= 0.6 is 11.6 Å². The number of sulfonamides is 1. The van der Waals surface area contributed by atoms with E-state index >= 15 is 0 Å². The van der Waals surface area contributed by atoms with E-state index in [1.807, 2.05) is 0 Å². The van der Waals surface area contributed by atoms with Crippen LogP contribution in [0.3, 0.4) is 0 Å². The van der Waals surface area contributed by atoms with E-state index in [0.717, 1.165) is 6.42 Å². The van der Waals surface area contributed by atoms with Crippen LogP contribution in [-0.2, 0) is 20.2 Å². The zero-order valence-electron chi connectivity index (χ0n) is 11.3. The predicted octanol–water partition coefficient (Wildman–Crippen LogP) is 1.15. The fraction of sp³-hybridized carbons (Fsp3) is 0.455. The van der Waals surface area contributed by atoms with Crippen molar-refractivity contribution in [1.82, 2.24) is 4.72 Å². The molecule has 0 spiro atoms. The van der Waals surface area contributed by atoms with Crippen molar-refractivity contribution < 1.29 is 16.8 Å². The van der Waals surface area contributed by atoms with Crippen molar-refractivity contribution in [3.63, 3.8) is 0 Å². The maximum absolute atomic E-state index is 12.0. The maximum atomic E-state index is 12.0. The summed E-state index contributed by atoms with van der Waals surface area (Å²) in [6.45, 7) is 0.379. The van der Waals surface area contributed by atoms with Gasteiger partial charge in [0.05, 0.1) is 22.2 Å². The summed E-state index contributed by atoms with van der Waals surface area (Å²) < 4.78 is 52.5. The number of hydrogen-bond acceptors (Lipinski definition) is 4. The first-order valence-corrected chi connectivity index (χ1v) is 9.73. The van der Waals surface area contributed by atoms with Crippen LogP contribution in [0.15, 0.2) is 18.2 Å². The highest BCUT2D eigenvalue weighted by Crippen LogP contribution is 2.32. The van der Waals surface area contributed by atoms with Gasteiger partial charge in [0.2, 0.25) is 10.0 Å². The first kappa shape index (κ1) is 16.3. The highest BCUT2D eigenvalue weighted by molar-refractivity contribution is 7.92. The summed E-state index contributed by atoms with van der Waals surface area (Å²) in [5, 5.41) is 0.178. The van der Waals surface area contributed by atoms with E-state index in [4.69, 9.17) is 11.6 Å². The van der Waals surface area contributed by atoms with Crippen LogP contribution < -0.4 is 13.7 Å². The third-order valence-corrected chi connectivity index (χ3v) is 6.29. The Morgan fingerprint density at radius 2 is 2.00 bits per heavy atom. The van der Waals surface area contributed by atoms with Crippen molar-refractivity contribution in [3.8, 4) is 0 Å². The number of rotatable bonds is 4. The van der Waals surface area contributed by atoms with Crippen molar-refractivity contribution in [2.24, 2.45) is 0 Å². The highest BCUT2D eigenvalue weighted by atomic mass is 35.5. The van der Waals surface area contributed by atoms with E-state index in [1.54, 1.807) is 0 Å². The number of anilines is 2. The van der Waals surface area contributed by atoms with Gasteiger partial charge in [0.25, 0.3) is 10.2 Å². The molecule has 0 aliphatic carbocycles. The molecule has 1 heterocycles. The molecule has 1 saturated heterocycles. The van der Waals surface area contributed by atoms with Gasteiger partial charge in [-0.25, -0.2) is 13.1 Å². The molecule has 21 heavy (non-hydrogen) atoms. The second-order valence-corrected chi connectivity index (χ2v) is 8.61. The lowest BCUT2D eigenvalue weighted by molar-refractivity contribution is 0.574. The topological polar surface area (TPSA) is 95.6 Å². The van der Waals surface area contributed by atoms with Gasteiger partial charge in [-0.05, 0) is 31.0 Å². The second-order valence-electron chi connectivity index (χ2n) is 4.57. The van der Waals surface area contributed by atoms with Crippen LogP contribution in [0, 0.1) is 0 Å². The average molecular weight is 354 g/mol. The summed E-state index contributed by atoms with van der Waals surface area (Å²) in [4.78, 5) is 0. The molecule has 2 rings (SSSR count). The molecule has 0 saturated carbocycles. The Morgan fingerprint density at radius 1 is 1.29 bits per heavy atom. The van der Waals surface area contributed by atoms with Crippen LogP contribution in [0.5, 0.6) is 0 Å². The molecule has 10 heteroatoms. The molecular weight excluding hydrogens is 338 g/mol. The lowest BCUT2D eigenvalue weighted by Gasteiger charge is -2.29. The largest absolute Gasteiger partial charge is 0.298 e. The molecule has 0 radical (unpaired) electrons. The third kappa shape index (κ3) is 3.79. The zero-order chi connectivity index (χ0) is 15.7. The molecule has 1 aliphatic heterocycles. The summed E-state index contributed by atoms with van der Waals surface area (Å²) in [5.74, 6) is 0.0947. The maximum Gasteiger partial charge on any atom is 0.298 e. The summed E-state index contributed by atoms with van der Waals surface area (Å²) in [6, 6.07) is 4.36. The van der Waals surface area contributed by atoms with Gasteiger partial charge in [0.15, 0.2) is 0 Å². The van der Waals surface area contributed by atoms with Crippen molar-refractivity contribution in [2.45, 2.75) is 12.8 Å². The summed E-state index contributed by atoms with van der Waals surface area (Å²) in [7, 11) is -5.72. The SMILES string of the molecule is CNS(=O)(=O)Nc1ccc(N2CCCCS2(=O)=O)c(Cl)c1. The first-order chi connectivity index (χ1) is 9.75. The smallest absolute Gasteiger partial charge is 0.271 e.